The van der Waals surface area contributed by atoms with E-state index in [1.807, 2.05) is 78.9 Å². The topological polar surface area (TPSA) is 74.7 Å². The molecule has 1 fully saturated rings. The number of thioether (sulfide) groups is 1. The Balaban J connectivity index is 1.37. The first-order chi connectivity index (χ1) is 24.7. The van der Waals surface area contributed by atoms with Crippen molar-refractivity contribution in [1.82, 2.24) is 4.98 Å². The van der Waals surface area contributed by atoms with E-state index in [2.05, 4.69) is 74.3 Å². The number of hydrogen-bond donors (Lipinski definition) is 0. The summed E-state index contributed by atoms with van der Waals surface area (Å²) in [7, 11) is -6.78. The number of rotatable bonds is 13. The maximum Gasteiger partial charge on any atom is 0.261 e. The predicted molar refractivity (Wildman–Crippen MR) is 210 cm³/mol. The minimum absolute atomic E-state index is 0.210. The number of ether oxygens (including phenoxy) is 2. The lowest BCUT2D eigenvalue weighted by atomic mass is 10.1. The molecule has 0 unspecified atom stereocenters. The molecule has 6 rings (SSSR count). The molecule has 5 aromatic rings. The minimum Gasteiger partial charge on any atom is -0.405 e. The number of aromatic nitrogens is 1. The summed E-state index contributed by atoms with van der Waals surface area (Å²) in [5.41, 5.74) is 0.365. The highest BCUT2D eigenvalue weighted by Crippen LogP contribution is 2.41. The molecule has 0 N–H and O–H groups in total. The highest BCUT2D eigenvalue weighted by molar-refractivity contribution is 7.99. The largest absolute Gasteiger partial charge is 0.405 e. The third-order valence-electron chi connectivity index (χ3n) is 9.20. The molecule has 4 aromatic carbocycles. The third kappa shape index (κ3) is 8.63. The highest BCUT2D eigenvalue weighted by atomic mass is 32.2. The van der Waals surface area contributed by atoms with E-state index < -0.39 is 41.0 Å². The van der Waals surface area contributed by atoms with Gasteiger partial charge in [-0.1, -0.05) is 160 Å². The molecule has 1 saturated heterocycles. The van der Waals surface area contributed by atoms with Crippen molar-refractivity contribution < 1.29 is 22.3 Å². The monoisotopic (exact) mass is 735 g/mol. The Bertz CT molecular complexity index is 1900. The van der Waals surface area contributed by atoms with Crippen LogP contribution in [0.15, 0.2) is 162 Å². The van der Waals surface area contributed by atoms with Crippen molar-refractivity contribution in [2.75, 3.05) is 13.2 Å². The van der Waals surface area contributed by atoms with Crippen LogP contribution >= 0.6 is 11.8 Å². The summed E-state index contributed by atoms with van der Waals surface area (Å²) in [5.74, 6) is 0. The Morgan fingerprint density at radius 1 is 0.804 bits per heavy atom. The van der Waals surface area contributed by atoms with Crippen LogP contribution in [0.25, 0.3) is 6.08 Å². The zero-order chi connectivity index (χ0) is 35.7. The fourth-order valence-corrected chi connectivity index (χ4v) is 14.5. The van der Waals surface area contributed by atoms with Gasteiger partial charge in [-0.15, -0.1) is 0 Å². The van der Waals surface area contributed by atoms with Gasteiger partial charge in [0.25, 0.3) is 8.32 Å². The second-order valence-corrected chi connectivity index (χ2v) is 21.2. The molecule has 6 nitrogen and oxygen atoms in total. The standard InChI is InChI=1S/C42H45NO5S2Si/c1-42(2,3)51(36-24-12-6-13-25-36,37-26-14-7-15-27-37)47-32-34-31-38(50(44,45)35-22-10-5-11-23-35)40(41(48-34)49-39-28-16-17-29-43-39)46-30-18-21-33-19-8-4-9-20-33/h4-29,34,38,40-41H,30-32H2,1-3H3/b21-18+/t34-,38-,40+,41-/m0/s1. The highest BCUT2D eigenvalue weighted by Gasteiger charge is 2.52. The molecule has 0 aliphatic carbocycles. The van der Waals surface area contributed by atoms with Crippen molar-refractivity contribution in [3.63, 3.8) is 0 Å². The van der Waals surface area contributed by atoms with Gasteiger partial charge < -0.3 is 13.9 Å². The van der Waals surface area contributed by atoms with Crippen molar-refractivity contribution in [2.45, 2.75) is 65.0 Å². The van der Waals surface area contributed by atoms with Crippen LogP contribution in [-0.2, 0) is 23.7 Å². The lowest BCUT2D eigenvalue weighted by Crippen LogP contribution is -2.67. The molecule has 51 heavy (non-hydrogen) atoms. The molecule has 0 radical (unpaired) electrons. The van der Waals surface area contributed by atoms with Crippen LogP contribution < -0.4 is 10.4 Å². The molecule has 2 heterocycles. The van der Waals surface area contributed by atoms with Gasteiger partial charge in [0.1, 0.15) is 11.5 Å². The number of sulfone groups is 1. The quantitative estimate of drug-likeness (QED) is 0.114. The summed E-state index contributed by atoms with van der Waals surface area (Å²) >= 11 is 1.39. The lowest BCUT2D eigenvalue weighted by molar-refractivity contribution is -0.105. The fraction of sp³-hybridized carbons (Fsp3) is 0.262. The maximum atomic E-state index is 14.6. The number of hydrogen-bond acceptors (Lipinski definition) is 7. The Labute approximate surface area is 308 Å². The summed E-state index contributed by atoms with van der Waals surface area (Å²) in [6.45, 7) is 7.13. The van der Waals surface area contributed by atoms with Crippen LogP contribution in [0.2, 0.25) is 5.04 Å². The smallest absolute Gasteiger partial charge is 0.261 e. The molecular weight excluding hydrogens is 691 g/mol. The Hall–Kier alpha value is -3.83. The Morgan fingerprint density at radius 3 is 1.94 bits per heavy atom. The average Bonchev–Trinajstić information content (AvgIpc) is 3.15. The Kier molecular flexibility index (Phi) is 12.1. The summed E-state index contributed by atoms with van der Waals surface area (Å²) < 4.78 is 49.9. The van der Waals surface area contributed by atoms with Crippen LogP contribution in [0.5, 0.6) is 0 Å². The molecule has 264 valence electrons. The van der Waals surface area contributed by atoms with E-state index >= 15 is 0 Å². The minimum atomic E-state index is -3.85. The van der Waals surface area contributed by atoms with E-state index in [1.54, 1.807) is 30.5 Å². The molecule has 0 amide bonds. The average molecular weight is 736 g/mol. The summed E-state index contributed by atoms with van der Waals surface area (Å²) in [6.07, 6.45) is 4.52. The van der Waals surface area contributed by atoms with E-state index in [4.69, 9.17) is 13.9 Å². The van der Waals surface area contributed by atoms with E-state index in [0.717, 1.165) is 21.0 Å². The van der Waals surface area contributed by atoms with Gasteiger partial charge in [0.2, 0.25) is 0 Å². The Morgan fingerprint density at radius 2 is 1.37 bits per heavy atom. The maximum absolute atomic E-state index is 14.6. The number of nitrogens with zero attached hydrogens (tertiary/aromatic N) is 1. The molecule has 0 saturated carbocycles. The van der Waals surface area contributed by atoms with Crippen LogP contribution in [-0.4, -0.2) is 57.8 Å². The van der Waals surface area contributed by atoms with E-state index in [-0.39, 0.29) is 29.6 Å². The molecule has 1 aromatic heterocycles. The molecule has 9 heteroatoms. The molecule has 0 bridgehead atoms. The van der Waals surface area contributed by atoms with Gasteiger partial charge >= 0.3 is 0 Å². The normalized spacial score (nSPS) is 20.0. The zero-order valence-electron chi connectivity index (χ0n) is 29.2. The van der Waals surface area contributed by atoms with Crippen LogP contribution in [0, 0.1) is 0 Å². The van der Waals surface area contributed by atoms with Crippen molar-refractivity contribution in [1.29, 1.82) is 0 Å². The second-order valence-electron chi connectivity index (χ2n) is 13.6. The zero-order valence-corrected chi connectivity index (χ0v) is 31.9. The molecule has 1 aliphatic heterocycles. The van der Waals surface area contributed by atoms with Gasteiger partial charge in [-0.05, 0) is 51.7 Å². The SMILES string of the molecule is CC(C)(C)[Si](OC[C@@H]1C[C@H](S(=O)(=O)c2ccccc2)[C@@H](OC/C=C/c2ccccc2)[C@H](Sc2ccccn2)O1)(c1ccccc1)c1ccccc1. The molecular formula is C42H45NO5S2Si. The van der Waals surface area contributed by atoms with E-state index in [1.165, 1.54) is 11.8 Å². The second kappa shape index (κ2) is 16.7. The lowest BCUT2D eigenvalue weighted by Gasteiger charge is -2.45. The van der Waals surface area contributed by atoms with Crippen molar-refractivity contribution in [2.24, 2.45) is 0 Å². The van der Waals surface area contributed by atoms with Gasteiger partial charge in [0.05, 0.1) is 34.5 Å². The van der Waals surface area contributed by atoms with E-state index in [0.29, 0.717) is 0 Å². The van der Waals surface area contributed by atoms with Crippen LogP contribution in [0.1, 0.15) is 32.8 Å². The summed E-state index contributed by atoms with van der Waals surface area (Å²) in [5, 5.41) is 1.88. The summed E-state index contributed by atoms with van der Waals surface area (Å²) in [6, 6.07) is 45.2. The molecule has 1 aliphatic rings. The predicted octanol–water partition coefficient (Wildman–Crippen LogP) is 7.81. The van der Waals surface area contributed by atoms with Crippen molar-refractivity contribution in [3.8, 4) is 0 Å². The summed E-state index contributed by atoms with van der Waals surface area (Å²) in [4.78, 5) is 4.81. The fourth-order valence-electron chi connectivity index (χ4n) is 6.80. The first-order valence-electron chi connectivity index (χ1n) is 17.3. The van der Waals surface area contributed by atoms with Crippen LogP contribution in [0.3, 0.4) is 0 Å². The van der Waals surface area contributed by atoms with Crippen molar-refractivity contribution >= 4 is 46.4 Å². The third-order valence-corrected chi connectivity index (χ3v) is 17.5. The number of pyridine rings is 1. The number of benzene rings is 4. The van der Waals surface area contributed by atoms with Gasteiger partial charge in [-0.2, -0.15) is 0 Å². The van der Waals surface area contributed by atoms with Gasteiger partial charge in [-0.3, -0.25) is 0 Å². The molecule has 4 atom stereocenters. The first-order valence-corrected chi connectivity index (χ1v) is 21.6. The first kappa shape index (κ1) is 36.9. The van der Waals surface area contributed by atoms with Gasteiger partial charge in [-0.25, -0.2) is 13.4 Å². The van der Waals surface area contributed by atoms with E-state index in [9.17, 15) is 8.42 Å². The molecule has 0 spiro atoms. The van der Waals surface area contributed by atoms with Crippen molar-refractivity contribution in [3.05, 3.63) is 157 Å². The van der Waals surface area contributed by atoms with Gasteiger partial charge in [0.15, 0.2) is 9.84 Å². The van der Waals surface area contributed by atoms with Crippen LogP contribution in [0.4, 0.5) is 0 Å². The van der Waals surface area contributed by atoms with Gasteiger partial charge in [0, 0.05) is 6.20 Å².